The van der Waals surface area contributed by atoms with Crippen molar-refractivity contribution in [1.82, 2.24) is 4.90 Å². The van der Waals surface area contributed by atoms with Gasteiger partial charge in [-0.3, -0.25) is 4.79 Å². The van der Waals surface area contributed by atoms with Crippen molar-refractivity contribution in [2.45, 2.75) is 25.7 Å². The van der Waals surface area contributed by atoms with Crippen LogP contribution in [0.5, 0.6) is 5.75 Å². The minimum Gasteiger partial charge on any atom is -0.426 e. The third-order valence-electron chi connectivity index (χ3n) is 3.06. The topological polar surface area (TPSA) is 29.5 Å². The summed E-state index contributed by atoms with van der Waals surface area (Å²) in [5.41, 5.74) is 0. The molecule has 0 saturated carbocycles. The predicted molar refractivity (Wildman–Crippen MR) is 74.2 cm³/mol. The number of ether oxygens (including phenoxy) is 1. The largest absolute Gasteiger partial charge is 0.426 e. The molecule has 1 aliphatic heterocycles. The van der Waals surface area contributed by atoms with E-state index in [0.29, 0.717) is 12.2 Å². The molecule has 0 unspecified atom stereocenters. The van der Waals surface area contributed by atoms with E-state index in [-0.39, 0.29) is 18.4 Å². The average molecular weight is 270 g/mol. The Bertz CT molecular complexity index is 350. The Balaban J connectivity index is 0.00000162. The zero-order valence-electron chi connectivity index (χ0n) is 10.5. The number of benzene rings is 1. The molecule has 18 heavy (non-hydrogen) atoms. The van der Waals surface area contributed by atoms with Gasteiger partial charge < -0.3 is 9.64 Å². The van der Waals surface area contributed by atoms with Crippen molar-refractivity contribution in [3.63, 3.8) is 0 Å². The summed E-state index contributed by atoms with van der Waals surface area (Å²) in [6.45, 7) is 3.07. The maximum atomic E-state index is 11.6. The van der Waals surface area contributed by atoms with E-state index in [9.17, 15) is 4.79 Å². The van der Waals surface area contributed by atoms with Gasteiger partial charge in [0, 0.05) is 6.54 Å². The number of nitrogens with zero attached hydrogens (tertiary/aromatic N) is 1. The van der Waals surface area contributed by atoms with Crippen LogP contribution >= 0.6 is 12.4 Å². The standard InChI is InChI=1S/C14H19NO2.ClH/c16-14(17-13-7-3-1-4-8-13)9-12-15-10-5-2-6-11-15;/h1,3-4,7-8H,2,5-6,9-12H2;1H. The summed E-state index contributed by atoms with van der Waals surface area (Å²) in [5, 5.41) is 0. The van der Waals surface area contributed by atoms with E-state index in [1.54, 1.807) is 12.1 Å². The average Bonchev–Trinajstić information content (AvgIpc) is 2.39. The van der Waals surface area contributed by atoms with Crippen molar-refractivity contribution in [2.75, 3.05) is 19.6 Å². The first-order valence-electron chi connectivity index (χ1n) is 6.33. The lowest BCUT2D eigenvalue weighted by Crippen LogP contribution is -2.32. The number of halogens is 1. The second-order valence-electron chi connectivity index (χ2n) is 4.44. The molecule has 0 spiro atoms. The Kier molecular flexibility index (Phi) is 6.76. The fraction of sp³-hybridized carbons (Fsp3) is 0.500. The Morgan fingerprint density at radius 1 is 1.11 bits per heavy atom. The number of carbonyl (C=O) groups is 1. The number of para-hydroxylation sites is 1. The molecule has 1 fully saturated rings. The molecule has 1 aromatic rings. The second kappa shape index (κ2) is 8.11. The summed E-state index contributed by atoms with van der Waals surface area (Å²) in [6, 6.07) is 9.25. The number of likely N-dealkylation sites (tertiary alicyclic amines) is 1. The van der Waals surface area contributed by atoms with E-state index >= 15 is 0 Å². The van der Waals surface area contributed by atoms with Crippen molar-refractivity contribution in [1.29, 1.82) is 0 Å². The van der Waals surface area contributed by atoms with Crippen LogP contribution in [-0.4, -0.2) is 30.5 Å². The molecule has 0 atom stereocenters. The highest BCUT2D eigenvalue weighted by molar-refractivity contribution is 5.85. The van der Waals surface area contributed by atoms with Crippen LogP contribution in [0.1, 0.15) is 25.7 Å². The van der Waals surface area contributed by atoms with Gasteiger partial charge in [0.15, 0.2) is 0 Å². The van der Waals surface area contributed by atoms with Gasteiger partial charge in [0.05, 0.1) is 6.42 Å². The zero-order chi connectivity index (χ0) is 11.9. The molecule has 0 radical (unpaired) electrons. The minimum absolute atomic E-state index is 0. The molecule has 1 aromatic carbocycles. The van der Waals surface area contributed by atoms with Crippen molar-refractivity contribution in [2.24, 2.45) is 0 Å². The quantitative estimate of drug-likeness (QED) is 0.622. The Hall–Kier alpha value is -1.06. The Labute approximate surface area is 115 Å². The van der Waals surface area contributed by atoms with Gasteiger partial charge in [-0.25, -0.2) is 0 Å². The SMILES string of the molecule is Cl.O=C(CCN1CCCCC1)Oc1ccccc1. The highest BCUT2D eigenvalue weighted by Gasteiger charge is 2.12. The van der Waals surface area contributed by atoms with Gasteiger partial charge in [0.2, 0.25) is 0 Å². The van der Waals surface area contributed by atoms with Crippen LogP contribution in [0.25, 0.3) is 0 Å². The summed E-state index contributed by atoms with van der Waals surface area (Å²) in [7, 11) is 0. The van der Waals surface area contributed by atoms with Crippen molar-refractivity contribution in [3.8, 4) is 5.75 Å². The van der Waals surface area contributed by atoms with E-state index in [0.717, 1.165) is 19.6 Å². The maximum Gasteiger partial charge on any atom is 0.312 e. The highest BCUT2D eigenvalue weighted by Crippen LogP contribution is 2.11. The number of esters is 1. The Morgan fingerprint density at radius 2 is 1.78 bits per heavy atom. The smallest absolute Gasteiger partial charge is 0.312 e. The molecule has 1 saturated heterocycles. The molecule has 3 nitrogen and oxygen atoms in total. The van der Waals surface area contributed by atoms with Gasteiger partial charge in [-0.05, 0) is 38.1 Å². The number of hydrogen-bond acceptors (Lipinski definition) is 3. The minimum atomic E-state index is -0.137. The van der Waals surface area contributed by atoms with Crippen LogP contribution in [0.15, 0.2) is 30.3 Å². The first-order valence-corrected chi connectivity index (χ1v) is 6.33. The third-order valence-corrected chi connectivity index (χ3v) is 3.06. The van der Waals surface area contributed by atoms with E-state index < -0.39 is 0 Å². The van der Waals surface area contributed by atoms with Gasteiger partial charge in [-0.2, -0.15) is 0 Å². The lowest BCUT2D eigenvalue weighted by molar-refractivity contribution is -0.134. The third kappa shape index (κ3) is 5.07. The van der Waals surface area contributed by atoms with Crippen molar-refractivity contribution >= 4 is 18.4 Å². The van der Waals surface area contributed by atoms with Gasteiger partial charge in [0.1, 0.15) is 5.75 Å². The van der Waals surface area contributed by atoms with E-state index in [4.69, 9.17) is 4.74 Å². The van der Waals surface area contributed by atoms with Crippen LogP contribution < -0.4 is 4.74 Å². The fourth-order valence-corrected chi connectivity index (χ4v) is 2.10. The summed E-state index contributed by atoms with van der Waals surface area (Å²) in [6.07, 6.45) is 4.32. The van der Waals surface area contributed by atoms with Crippen LogP contribution in [-0.2, 0) is 4.79 Å². The van der Waals surface area contributed by atoms with Gasteiger partial charge in [-0.1, -0.05) is 24.6 Å². The van der Waals surface area contributed by atoms with E-state index in [1.807, 2.05) is 18.2 Å². The number of piperidine rings is 1. The molecular formula is C14H20ClNO2. The molecule has 2 rings (SSSR count). The van der Waals surface area contributed by atoms with Crippen LogP contribution in [0.4, 0.5) is 0 Å². The second-order valence-corrected chi connectivity index (χ2v) is 4.44. The summed E-state index contributed by atoms with van der Waals surface area (Å²) in [5.74, 6) is 0.498. The first kappa shape index (κ1) is 15.0. The fourth-order valence-electron chi connectivity index (χ4n) is 2.10. The van der Waals surface area contributed by atoms with Crippen molar-refractivity contribution in [3.05, 3.63) is 30.3 Å². The number of carbonyl (C=O) groups excluding carboxylic acids is 1. The van der Waals surface area contributed by atoms with Crippen molar-refractivity contribution < 1.29 is 9.53 Å². The zero-order valence-corrected chi connectivity index (χ0v) is 11.3. The molecule has 0 aliphatic carbocycles. The molecule has 1 heterocycles. The molecular weight excluding hydrogens is 250 g/mol. The molecule has 100 valence electrons. The molecule has 1 aliphatic rings. The molecule has 0 N–H and O–H groups in total. The lowest BCUT2D eigenvalue weighted by Gasteiger charge is -2.25. The monoisotopic (exact) mass is 269 g/mol. The lowest BCUT2D eigenvalue weighted by atomic mass is 10.1. The highest BCUT2D eigenvalue weighted by atomic mass is 35.5. The van der Waals surface area contributed by atoms with Crippen LogP contribution in [0, 0.1) is 0 Å². The summed E-state index contributed by atoms with van der Waals surface area (Å²) < 4.78 is 5.24. The summed E-state index contributed by atoms with van der Waals surface area (Å²) >= 11 is 0. The predicted octanol–water partition coefficient (Wildman–Crippen LogP) is 2.89. The van der Waals surface area contributed by atoms with E-state index in [2.05, 4.69) is 4.90 Å². The van der Waals surface area contributed by atoms with Gasteiger partial charge >= 0.3 is 5.97 Å². The molecule has 0 bridgehead atoms. The van der Waals surface area contributed by atoms with Crippen LogP contribution in [0.3, 0.4) is 0 Å². The normalized spacial score (nSPS) is 15.8. The van der Waals surface area contributed by atoms with Gasteiger partial charge in [0.25, 0.3) is 0 Å². The van der Waals surface area contributed by atoms with Crippen LogP contribution in [0.2, 0.25) is 0 Å². The molecule has 0 aromatic heterocycles. The summed E-state index contributed by atoms with van der Waals surface area (Å²) in [4.78, 5) is 13.9. The maximum absolute atomic E-state index is 11.6. The Morgan fingerprint density at radius 3 is 2.44 bits per heavy atom. The number of rotatable bonds is 4. The first-order chi connectivity index (χ1) is 8.34. The molecule has 4 heteroatoms. The number of hydrogen-bond donors (Lipinski definition) is 0. The molecule has 0 amide bonds. The van der Waals surface area contributed by atoms with Gasteiger partial charge in [-0.15, -0.1) is 12.4 Å². The van der Waals surface area contributed by atoms with E-state index in [1.165, 1.54) is 19.3 Å².